The van der Waals surface area contributed by atoms with Crippen molar-refractivity contribution in [3.8, 4) is 0 Å². The van der Waals surface area contributed by atoms with Gasteiger partial charge in [-0.25, -0.2) is 4.79 Å². The van der Waals surface area contributed by atoms with Crippen LogP contribution in [0.1, 0.15) is 29.9 Å². The first kappa shape index (κ1) is 14.5. The second kappa shape index (κ2) is 5.63. The highest BCUT2D eigenvalue weighted by molar-refractivity contribution is 8.00. The van der Waals surface area contributed by atoms with Gasteiger partial charge in [0.25, 0.3) is 0 Å². The number of hydrogen-bond donors (Lipinski definition) is 1. The minimum absolute atomic E-state index is 0.322. The fraction of sp³-hybridized carbons (Fsp3) is 0.615. The van der Waals surface area contributed by atoms with Gasteiger partial charge in [0, 0.05) is 23.6 Å². The van der Waals surface area contributed by atoms with Crippen molar-refractivity contribution in [1.29, 1.82) is 0 Å². The molecule has 0 atom stereocenters. The van der Waals surface area contributed by atoms with Gasteiger partial charge in [0.1, 0.15) is 4.88 Å². The predicted molar refractivity (Wildman–Crippen MR) is 83.4 cm³/mol. The summed E-state index contributed by atoms with van der Waals surface area (Å²) < 4.78 is 5.07. The van der Waals surface area contributed by atoms with E-state index in [2.05, 4.69) is 18.7 Å². The Labute approximate surface area is 122 Å². The van der Waals surface area contributed by atoms with Gasteiger partial charge >= 0.3 is 5.97 Å². The maximum atomic E-state index is 11.6. The van der Waals surface area contributed by atoms with Crippen molar-refractivity contribution in [2.45, 2.75) is 25.0 Å². The largest absolute Gasteiger partial charge is 0.465 e. The van der Waals surface area contributed by atoms with Crippen LogP contribution in [-0.4, -0.2) is 36.7 Å². The van der Waals surface area contributed by atoms with Crippen LogP contribution in [0.3, 0.4) is 0 Å². The molecular formula is C13H20N2O2S2. The Kier molecular flexibility index (Phi) is 4.30. The van der Waals surface area contributed by atoms with Gasteiger partial charge in [-0.1, -0.05) is 13.8 Å². The van der Waals surface area contributed by atoms with E-state index in [9.17, 15) is 4.79 Å². The van der Waals surface area contributed by atoms with Crippen LogP contribution in [0.25, 0.3) is 0 Å². The van der Waals surface area contributed by atoms with E-state index in [1.165, 1.54) is 18.4 Å². The van der Waals surface area contributed by atoms with Crippen molar-refractivity contribution < 1.29 is 9.53 Å². The van der Waals surface area contributed by atoms with Crippen LogP contribution < -0.4 is 10.6 Å². The van der Waals surface area contributed by atoms with Gasteiger partial charge in [-0.2, -0.15) is 11.8 Å². The number of rotatable bonds is 2. The summed E-state index contributed by atoms with van der Waals surface area (Å²) in [4.78, 5) is 14.4. The first-order chi connectivity index (χ1) is 8.93. The highest BCUT2D eigenvalue weighted by Gasteiger charge is 2.25. The molecule has 0 aliphatic carbocycles. The van der Waals surface area contributed by atoms with Crippen LogP contribution in [0.5, 0.6) is 0 Å². The van der Waals surface area contributed by atoms with Gasteiger partial charge in [0.15, 0.2) is 0 Å². The molecule has 2 rings (SSSR count). The van der Waals surface area contributed by atoms with Crippen LogP contribution in [0.4, 0.5) is 10.7 Å². The van der Waals surface area contributed by atoms with E-state index in [1.807, 2.05) is 17.8 Å². The molecule has 1 aliphatic rings. The summed E-state index contributed by atoms with van der Waals surface area (Å²) in [5.74, 6) is 0.747. The maximum absolute atomic E-state index is 11.6. The molecule has 0 saturated carbocycles. The number of ether oxygens (including phenoxy) is 1. The molecule has 0 unspecified atom stereocenters. The molecule has 1 fully saturated rings. The molecule has 0 spiro atoms. The van der Waals surface area contributed by atoms with Gasteiger partial charge < -0.3 is 15.4 Å². The van der Waals surface area contributed by atoms with Crippen molar-refractivity contribution in [3.63, 3.8) is 0 Å². The second-order valence-electron chi connectivity index (χ2n) is 5.21. The number of thioether (sulfide) groups is 1. The van der Waals surface area contributed by atoms with Crippen molar-refractivity contribution in [3.05, 3.63) is 10.9 Å². The Morgan fingerprint density at radius 1 is 1.47 bits per heavy atom. The lowest BCUT2D eigenvalue weighted by molar-refractivity contribution is 0.0607. The normalized spacial score (nSPS) is 19.0. The molecule has 2 heterocycles. The molecule has 0 radical (unpaired) electrons. The molecule has 0 aromatic carbocycles. The fourth-order valence-corrected chi connectivity index (χ4v) is 4.19. The van der Waals surface area contributed by atoms with Crippen LogP contribution >= 0.6 is 23.1 Å². The fourth-order valence-electron chi connectivity index (χ4n) is 2.04. The van der Waals surface area contributed by atoms with Crippen LogP contribution in [-0.2, 0) is 4.74 Å². The predicted octanol–water partition coefficient (Wildman–Crippen LogP) is 2.84. The van der Waals surface area contributed by atoms with E-state index in [4.69, 9.17) is 10.5 Å². The molecule has 106 valence electrons. The third-order valence-electron chi connectivity index (χ3n) is 3.27. The van der Waals surface area contributed by atoms with Crippen molar-refractivity contribution in [1.82, 2.24) is 0 Å². The number of esters is 1. The average Bonchev–Trinajstić information content (AvgIpc) is 2.64. The molecule has 1 aromatic rings. The Balaban J connectivity index is 2.16. The Hall–Kier alpha value is -0.880. The quantitative estimate of drug-likeness (QED) is 0.851. The first-order valence-electron chi connectivity index (χ1n) is 6.29. The molecule has 2 N–H and O–H groups in total. The van der Waals surface area contributed by atoms with Crippen LogP contribution in [0.15, 0.2) is 6.07 Å². The van der Waals surface area contributed by atoms with E-state index in [0.717, 1.165) is 30.3 Å². The van der Waals surface area contributed by atoms with Gasteiger partial charge in [-0.3, -0.25) is 0 Å². The molecule has 19 heavy (non-hydrogen) atoms. The molecule has 6 heteroatoms. The van der Waals surface area contributed by atoms with Gasteiger partial charge in [-0.15, -0.1) is 11.3 Å². The zero-order valence-electron chi connectivity index (χ0n) is 11.6. The topological polar surface area (TPSA) is 55.6 Å². The minimum atomic E-state index is -0.349. The Morgan fingerprint density at radius 3 is 2.89 bits per heavy atom. The third kappa shape index (κ3) is 3.36. The lowest BCUT2D eigenvalue weighted by Crippen LogP contribution is -2.26. The monoisotopic (exact) mass is 300 g/mol. The average molecular weight is 300 g/mol. The van der Waals surface area contributed by atoms with Crippen molar-refractivity contribution >= 4 is 39.8 Å². The smallest absolute Gasteiger partial charge is 0.350 e. The molecule has 1 saturated heterocycles. The van der Waals surface area contributed by atoms with Crippen molar-refractivity contribution in [2.24, 2.45) is 0 Å². The van der Waals surface area contributed by atoms with Gasteiger partial charge in [-0.05, 0) is 12.5 Å². The number of nitrogens with two attached hydrogens (primary N) is 1. The number of anilines is 2. The van der Waals surface area contributed by atoms with Crippen LogP contribution in [0, 0.1) is 0 Å². The number of nitrogen functional groups attached to an aromatic ring is 1. The number of methoxy groups -OCH3 is 1. The number of hydrogen-bond acceptors (Lipinski definition) is 6. The number of carbonyl (C=O) groups excluding carboxylic acids is 1. The Bertz CT molecular complexity index is 471. The van der Waals surface area contributed by atoms with E-state index in [-0.39, 0.29) is 5.97 Å². The molecular weight excluding hydrogens is 280 g/mol. The van der Waals surface area contributed by atoms with Crippen LogP contribution in [0.2, 0.25) is 0 Å². The lowest BCUT2D eigenvalue weighted by Gasteiger charge is -2.22. The molecule has 1 aliphatic heterocycles. The number of thiophene rings is 1. The third-order valence-corrected chi connectivity index (χ3v) is 5.83. The second-order valence-corrected chi connectivity index (χ2v) is 8.04. The summed E-state index contributed by atoms with van der Waals surface area (Å²) in [6.07, 6.45) is 1.13. The number of carbonyl (C=O) groups is 1. The zero-order valence-corrected chi connectivity index (χ0v) is 13.2. The molecule has 0 amide bonds. The summed E-state index contributed by atoms with van der Waals surface area (Å²) >= 11 is 3.43. The maximum Gasteiger partial charge on any atom is 0.350 e. The summed E-state index contributed by atoms with van der Waals surface area (Å²) in [6.45, 7) is 6.56. The summed E-state index contributed by atoms with van der Waals surface area (Å²) in [5.41, 5.74) is 6.41. The SMILES string of the molecule is COC(=O)c1sc(N2CCSC(C)(C)CC2)cc1N. The minimum Gasteiger partial charge on any atom is -0.465 e. The first-order valence-corrected chi connectivity index (χ1v) is 8.10. The zero-order chi connectivity index (χ0) is 14.0. The van der Waals surface area contributed by atoms with E-state index in [0.29, 0.717) is 15.3 Å². The standard InChI is InChI=1S/C13H20N2O2S2/c1-13(2)4-5-15(6-7-18-13)10-8-9(14)11(19-10)12(16)17-3/h8H,4-7,14H2,1-3H3. The van der Waals surface area contributed by atoms with Gasteiger partial charge in [0.05, 0.1) is 17.8 Å². The number of nitrogens with zero attached hydrogens (tertiary/aromatic N) is 1. The molecule has 1 aromatic heterocycles. The highest BCUT2D eigenvalue weighted by atomic mass is 32.2. The van der Waals surface area contributed by atoms with E-state index in [1.54, 1.807) is 0 Å². The van der Waals surface area contributed by atoms with E-state index >= 15 is 0 Å². The van der Waals surface area contributed by atoms with Crippen molar-refractivity contribution in [2.75, 3.05) is 36.6 Å². The highest BCUT2D eigenvalue weighted by Crippen LogP contribution is 2.37. The summed E-state index contributed by atoms with van der Waals surface area (Å²) in [7, 11) is 1.38. The summed E-state index contributed by atoms with van der Waals surface area (Å²) in [6, 6.07) is 1.89. The summed E-state index contributed by atoms with van der Waals surface area (Å²) in [5, 5.41) is 1.07. The Morgan fingerprint density at radius 2 is 2.21 bits per heavy atom. The lowest BCUT2D eigenvalue weighted by atomic mass is 10.1. The van der Waals surface area contributed by atoms with Gasteiger partial charge in [0.2, 0.25) is 0 Å². The molecule has 0 bridgehead atoms. The van der Waals surface area contributed by atoms with E-state index < -0.39 is 0 Å². The molecule has 4 nitrogen and oxygen atoms in total.